The number of carbonyl (C=O) groups is 1. The first-order chi connectivity index (χ1) is 10.0. The smallest absolute Gasteiger partial charge is 0.317 e. The highest BCUT2D eigenvalue weighted by molar-refractivity contribution is 6.30. The number of rotatable bonds is 8. The van der Waals surface area contributed by atoms with E-state index in [-0.39, 0.29) is 19.2 Å². The van der Waals surface area contributed by atoms with Crippen LogP contribution < -0.4 is 10.1 Å². The summed E-state index contributed by atoms with van der Waals surface area (Å²) in [5, 5.41) is 12.9. The van der Waals surface area contributed by atoms with Gasteiger partial charge in [0.05, 0.1) is 25.8 Å². The Balaban J connectivity index is 2.19. The van der Waals surface area contributed by atoms with Gasteiger partial charge in [-0.1, -0.05) is 11.6 Å². The van der Waals surface area contributed by atoms with Gasteiger partial charge in [0.15, 0.2) is 0 Å². The van der Waals surface area contributed by atoms with E-state index in [2.05, 4.69) is 5.32 Å². The van der Waals surface area contributed by atoms with Crippen molar-refractivity contribution in [2.45, 2.75) is 6.10 Å². The van der Waals surface area contributed by atoms with Crippen LogP contribution in [0.5, 0.6) is 5.75 Å². The summed E-state index contributed by atoms with van der Waals surface area (Å²) in [5.41, 5.74) is 0. The summed E-state index contributed by atoms with van der Waals surface area (Å²) in [4.78, 5) is 13.1. The number of benzene rings is 1. The first kappa shape index (κ1) is 17.6. The molecule has 6 nitrogen and oxygen atoms in total. The molecule has 1 aromatic rings. The number of hydrogen-bond acceptors (Lipinski definition) is 4. The number of amides is 2. The van der Waals surface area contributed by atoms with Gasteiger partial charge in [-0.15, -0.1) is 0 Å². The van der Waals surface area contributed by atoms with Gasteiger partial charge < -0.3 is 24.8 Å². The van der Waals surface area contributed by atoms with Gasteiger partial charge in [-0.3, -0.25) is 0 Å². The van der Waals surface area contributed by atoms with Gasteiger partial charge in [-0.05, 0) is 24.3 Å². The number of nitrogens with one attached hydrogen (secondary N) is 1. The highest BCUT2D eigenvalue weighted by Gasteiger charge is 2.12. The van der Waals surface area contributed by atoms with E-state index >= 15 is 0 Å². The van der Waals surface area contributed by atoms with E-state index < -0.39 is 6.10 Å². The fourth-order valence-electron chi connectivity index (χ4n) is 1.64. The molecule has 1 rings (SSSR count). The molecule has 0 aliphatic heterocycles. The van der Waals surface area contributed by atoms with Crippen LogP contribution >= 0.6 is 11.6 Å². The van der Waals surface area contributed by atoms with Crippen LogP contribution in [-0.4, -0.2) is 62.6 Å². The molecule has 0 heterocycles. The molecule has 0 unspecified atom stereocenters. The molecule has 0 aromatic heterocycles. The molecule has 0 fully saturated rings. The normalized spacial score (nSPS) is 11.8. The average molecular weight is 317 g/mol. The van der Waals surface area contributed by atoms with Gasteiger partial charge in [-0.2, -0.15) is 0 Å². The molecule has 2 amide bonds. The van der Waals surface area contributed by atoms with E-state index in [1.807, 2.05) is 0 Å². The van der Waals surface area contributed by atoms with Crippen LogP contribution in [0, 0.1) is 0 Å². The molecule has 0 saturated heterocycles. The number of likely N-dealkylation sites (N-methyl/N-ethyl adjacent to an activating group) is 1. The molecule has 0 aliphatic rings. The Morgan fingerprint density at radius 2 is 2.10 bits per heavy atom. The van der Waals surface area contributed by atoms with Gasteiger partial charge in [-0.25, -0.2) is 4.79 Å². The molecule has 0 bridgehead atoms. The highest BCUT2D eigenvalue weighted by Crippen LogP contribution is 2.15. The Bertz CT molecular complexity index is 427. The lowest BCUT2D eigenvalue weighted by molar-refractivity contribution is 0.0489. The third-order valence-electron chi connectivity index (χ3n) is 2.65. The van der Waals surface area contributed by atoms with E-state index in [4.69, 9.17) is 21.1 Å². The zero-order valence-corrected chi connectivity index (χ0v) is 13.0. The predicted octanol–water partition coefficient (Wildman–Crippen LogP) is 1.37. The molecule has 1 aromatic carbocycles. The predicted molar refractivity (Wildman–Crippen MR) is 80.9 cm³/mol. The fraction of sp³-hybridized carbons (Fsp3) is 0.500. The van der Waals surface area contributed by atoms with Gasteiger partial charge >= 0.3 is 6.03 Å². The molecule has 0 saturated carbocycles. The van der Waals surface area contributed by atoms with Crippen LogP contribution in [0.3, 0.4) is 0 Å². The number of aliphatic hydroxyl groups excluding tert-OH is 1. The van der Waals surface area contributed by atoms with E-state index in [1.54, 1.807) is 31.3 Å². The summed E-state index contributed by atoms with van der Waals surface area (Å²) in [6.45, 7) is 1.11. The monoisotopic (exact) mass is 316 g/mol. The minimum Gasteiger partial charge on any atom is -0.492 e. The number of carbonyl (C=O) groups excluding carboxylic acids is 1. The topological polar surface area (TPSA) is 71.0 Å². The maximum absolute atomic E-state index is 11.7. The highest BCUT2D eigenvalue weighted by atomic mass is 35.5. The third kappa shape index (κ3) is 7.17. The van der Waals surface area contributed by atoms with Crippen molar-refractivity contribution in [3.05, 3.63) is 29.3 Å². The van der Waals surface area contributed by atoms with Gasteiger partial charge in [0.25, 0.3) is 0 Å². The van der Waals surface area contributed by atoms with Crippen LogP contribution in [0.4, 0.5) is 4.79 Å². The number of aliphatic hydroxyl groups is 1. The summed E-state index contributed by atoms with van der Waals surface area (Å²) < 4.78 is 10.3. The second-order valence-electron chi connectivity index (χ2n) is 4.52. The van der Waals surface area contributed by atoms with Crippen molar-refractivity contribution in [3.8, 4) is 5.75 Å². The van der Waals surface area contributed by atoms with Crippen molar-refractivity contribution in [2.75, 3.05) is 40.5 Å². The van der Waals surface area contributed by atoms with Gasteiger partial charge in [0, 0.05) is 19.2 Å². The second kappa shape index (κ2) is 9.44. The molecule has 0 aliphatic carbocycles. The van der Waals surface area contributed by atoms with Crippen LogP contribution in [0.2, 0.25) is 5.02 Å². The summed E-state index contributed by atoms with van der Waals surface area (Å²) in [6.07, 6.45) is -0.698. The van der Waals surface area contributed by atoms with Crippen molar-refractivity contribution < 1.29 is 19.4 Å². The van der Waals surface area contributed by atoms with Crippen molar-refractivity contribution in [2.24, 2.45) is 0 Å². The Morgan fingerprint density at radius 1 is 1.43 bits per heavy atom. The van der Waals surface area contributed by atoms with Crippen molar-refractivity contribution >= 4 is 17.6 Å². The second-order valence-corrected chi connectivity index (χ2v) is 4.96. The quantitative estimate of drug-likeness (QED) is 0.711. The van der Waals surface area contributed by atoms with Gasteiger partial charge in [0.1, 0.15) is 12.4 Å². The molecule has 0 radical (unpaired) electrons. The summed E-state index contributed by atoms with van der Waals surface area (Å²) in [5.74, 6) is 0.692. The van der Waals surface area contributed by atoms with Gasteiger partial charge in [0.2, 0.25) is 0 Å². The minimum absolute atomic E-state index is 0.192. The summed E-state index contributed by atoms with van der Waals surface area (Å²) in [6, 6.07) is 6.72. The lowest BCUT2D eigenvalue weighted by Gasteiger charge is -2.20. The van der Waals surface area contributed by atoms with Crippen molar-refractivity contribution in [1.82, 2.24) is 10.2 Å². The average Bonchev–Trinajstić information content (AvgIpc) is 2.45. The number of halogens is 1. The number of nitrogens with zero attached hydrogens (tertiary/aromatic N) is 1. The third-order valence-corrected chi connectivity index (χ3v) is 2.90. The SMILES string of the molecule is COC[C@H](O)CN(C)C(=O)NCCOc1ccc(Cl)cc1. The minimum atomic E-state index is -0.698. The number of urea groups is 1. The molecule has 1 atom stereocenters. The Hall–Kier alpha value is -1.50. The molecular formula is C14H21ClN2O4. The molecule has 2 N–H and O–H groups in total. The van der Waals surface area contributed by atoms with Crippen molar-refractivity contribution in [3.63, 3.8) is 0 Å². The van der Waals surface area contributed by atoms with E-state index in [9.17, 15) is 9.90 Å². The molecular weight excluding hydrogens is 296 g/mol. The molecule has 7 heteroatoms. The maximum Gasteiger partial charge on any atom is 0.317 e. The maximum atomic E-state index is 11.7. The summed E-state index contributed by atoms with van der Waals surface area (Å²) in [7, 11) is 3.10. The van der Waals surface area contributed by atoms with E-state index in [0.717, 1.165) is 0 Å². The lowest BCUT2D eigenvalue weighted by atomic mass is 10.3. The number of methoxy groups -OCH3 is 1. The first-order valence-electron chi connectivity index (χ1n) is 6.57. The number of hydrogen-bond donors (Lipinski definition) is 2. The van der Waals surface area contributed by atoms with Crippen LogP contribution in [0.15, 0.2) is 24.3 Å². The molecule has 118 valence electrons. The Morgan fingerprint density at radius 3 is 2.71 bits per heavy atom. The van der Waals surface area contributed by atoms with Crippen LogP contribution in [0.25, 0.3) is 0 Å². The lowest BCUT2D eigenvalue weighted by Crippen LogP contribution is -2.43. The zero-order valence-electron chi connectivity index (χ0n) is 12.2. The van der Waals surface area contributed by atoms with Crippen molar-refractivity contribution in [1.29, 1.82) is 0 Å². The van der Waals surface area contributed by atoms with E-state index in [0.29, 0.717) is 23.9 Å². The summed E-state index contributed by atoms with van der Waals surface area (Å²) >= 11 is 5.77. The van der Waals surface area contributed by atoms with Crippen LogP contribution in [-0.2, 0) is 4.74 Å². The molecule has 0 spiro atoms. The largest absolute Gasteiger partial charge is 0.492 e. The first-order valence-corrected chi connectivity index (χ1v) is 6.95. The Kier molecular flexibility index (Phi) is 7.89. The number of ether oxygens (including phenoxy) is 2. The van der Waals surface area contributed by atoms with E-state index in [1.165, 1.54) is 12.0 Å². The zero-order chi connectivity index (χ0) is 15.7. The Labute approximate surface area is 129 Å². The fourth-order valence-corrected chi connectivity index (χ4v) is 1.76. The standard InChI is InChI=1S/C14H21ClN2O4/c1-17(9-12(18)10-20-2)14(19)16-7-8-21-13-5-3-11(15)4-6-13/h3-6,12,18H,7-10H2,1-2H3,(H,16,19)/t12-/m1/s1. The van der Waals surface area contributed by atoms with Crippen LogP contribution in [0.1, 0.15) is 0 Å². The molecule has 21 heavy (non-hydrogen) atoms.